The van der Waals surface area contributed by atoms with Gasteiger partial charge in [-0.25, -0.2) is 0 Å². The molecular formula is C9H9NO2S. The summed E-state index contributed by atoms with van der Waals surface area (Å²) >= 11 is 1.23. The standard InChI is InChI=1S/C9H9NO2S/c1-2-5-13-9-7(12)4-3-6(11)8(9)10/h2-4H,1,5,10H2. The van der Waals surface area contributed by atoms with E-state index in [1.165, 1.54) is 23.9 Å². The molecule has 0 bridgehead atoms. The Kier molecular flexibility index (Phi) is 3.08. The second kappa shape index (κ2) is 4.09. The van der Waals surface area contributed by atoms with Crippen LogP contribution in [0.2, 0.25) is 0 Å². The van der Waals surface area contributed by atoms with Crippen molar-refractivity contribution >= 4 is 23.3 Å². The van der Waals surface area contributed by atoms with Crippen LogP contribution in [0.5, 0.6) is 0 Å². The van der Waals surface area contributed by atoms with Crippen LogP contribution in [0.3, 0.4) is 0 Å². The van der Waals surface area contributed by atoms with Crippen LogP contribution in [0.4, 0.5) is 0 Å². The zero-order valence-corrected chi connectivity index (χ0v) is 7.76. The Bertz CT molecular complexity index is 329. The fraction of sp³-hybridized carbons (Fsp3) is 0.111. The van der Waals surface area contributed by atoms with Crippen molar-refractivity contribution in [3.8, 4) is 0 Å². The molecule has 4 heteroatoms. The van der Waals surface area contributed by atoms with E-state index >= 15 is 0 Å². The minimum atomic E-state index is -0.300. The molecule has 13 heavy (non-hydrogen) atoms. The third-order valence-corrected chi connectivity index (χ3v) is 2.58. The van der Waals surface area contributed by atoms with Gasteiger partial charge in [-0.1, -0.05) is 6.08 Å². The molecule has 1 aliphatic rings. The number of carbonyl (C=O) groups excluding carboxylic acids is 2. The first-order valence-electron chi connectivity index (χ1n) is 3.67. The summed E-state index contributed by atoms with van der Waals surface area (Å²) in [6, 6.07) is 0. The number of allylic oxidation sites excluding steroid dienone is 3. The summed E-state index contributed by atoms with van der Waals surface area (Å²) in [5.41, 5.74) is 5.50. The molecule has 0 aromatic rings. The molecule has 0 atom stereocenters. The average Bonchev–Trinajstić information content (AvgIpc) is 2.12. The van der Waals surface area contributed by atoms with Crippen LogP contribution in [0.25, 0.3) is 0 Å². The van der Waals surface area contributed by atoms with E-state index in [4.69, 9.17) is 5.73 Å². The van der Waals surface area contributed by atoms with Crippen LogP contribution in [0, 0.1) is 0 Å². The second-order valence-electron chi connectivity index (χ2n) is 2.40. The third-order valence-electron chi connectivity index (χ3n) is 1.47. The largest absolute Gasteiger partial charge is 0.395 e. The fourth-order valence-corrected chi connectivity index (χ4v) is 1.60. The lowest BCUT2D eigenvalue weighted by Crippen LogP contribution is -2.19. The Balaban J connectivity index is 2.88. The molecule has 1 rings (SSSR count). The number of rotatable bonds is 3. The molecule has 68 valence electrons. The van der Waals surface area contributed by atoms with Crippen LogP contribution in [-0.2, 0) is 9.59 Å². The lowest BCUT2D eigenvalue weighted by Gasteiger charge is -2.08. The summed E-state index contributed by atoms with van der Waals surface area (Å²) < 4.78 is 0. The molecule has 0 saturated carbocycles. The van der Waals surface area contributed by atoms with Gasteiger partial charge in [-0.3, -0.25) is 9.59 Å². The first kappa shape index (κ1) is 9.80. The van der Waals surface area contributed by atoms with E-state index in [0.29, 0.717) is 10.7 Å². The number of thioether (sulfide) groups is 1. The topological polar surface area (TPSA) is 60.2 Å². The van der Waals surface area contributed by atoms with E-state index < -0.39 is 0 Å². The summed E-state index contributed by atoms with van der Waals surface area (Å²) in [6.45, 7) is 3.52. The molecule has 0 amide bonds. The zero-order valence-electron chi connectivity index (χ0n) is 6.95. The molecular weight excluding hydrogens is 186 g/mol. The summed E-state index contributed by atoms with van der Waals surface area (Å²) in [5.74, 6) is 0.0678. The highest BCUT2D eigenvalue weighted by Gasteiger charge is 2.19. The molecule has 0 unspecified atom stereocenters. The van der Waals surface area contributed by atoms with Gasteiger partial charge in [0.05, 0.1) is 10.6 Å². The summed E-state index contributed by atoms with van der Waals surface area (Å²) in [6.07, 6.45) is 4.08. The summed E-state index contributed by atoms with van der Waals surface area (Å²) in [5, 5.41) is 0. The number of nitrogens with two attached hydrogens (primary N) is 1. The SMILES string of the molecule is C=CCSC1=C(N)C(=O)C=CC1=O. The molecule has 0 aromatic carbocycles. The van der Waals surface area contributed by atoms with E-state index in [0.717, 1.165) is 0 Å². The maximum atomic E-state index is 11.2. The lowest BCUT2D eigenvalue weighted by atomic mass is 10.1. The molecule has 0 radical (unpaired) electrons. The molecule has 3 nitrogen and oxygen atoms in total. The molecule has 0 saturated heterocycles. The van der Waals surface area contributed by atoms with Gasteiger partial charge < -0.3 is 5.73 Å². The van der Waals surface area contributed by atoms with Crippen LogP contribution >= 0.6 is 11.8 Å². The van der Waals surface area contributed by atoms with Crippen molar-refractivity contribution in [2.24, 2.45) is 5.73 Å². The van der Waals surface area contributed by atoms with Crippen molar-refractivity contribution in [1.29, 1.82) is 0 Å². The van der Waals surface area contributed by atoms with E-state index in [1.54, 1.807) is 6.08 Å². The first-order chi connectivity index (χ1) is 6.16. The van der Waals surface area contributed by atoms with Gasteiger partial charge >= 0.3 is 0 Å². The second-order valence-corrected chi connectivity index (χ2v) is 3.43. The molecule has 0 heterocycles. The summed E-state index contributed by atoms with van der Waals surface area (Å²) in [4.78, 5) is 22.6. The maximum absolute atomic E-state index is 11.2. The van der Waals surface area contributed by atoms with Crippen molar-refractivity contribution in [1.82, 2.24) is 0 Å². The normalized spacial score (nSPS) is 16.6. The van der Waals surface area contributed by atoms with Crippen LogP contribution in [-0.4, -0.2) is 17.3 Å². The quantitative estimate of drug-likeness (QED) is 0.534. The molecule has 0 aliphatic heterocycles. The Labute approximate surface area is 80.4 Å². The smallest absolute Gasteiger partial charge is 0.202 e. The van der Waals surface area contributed by atoms with Gasteiger partial charge in [-0.05, 0) is 12.2 Å². The Morgan fingerprint density at radius 1 is 1.38 bits per heavy atom. The number of hydrogen-bond donors (Lipinski definition) is 1. The van der Waals surface area contributed by atoms with E-state index in [-0.39, 0.29) is 17.3 Å². The van der Waals surface area contributed by atoms with Crippen molar-refractivity contribution in [3.63, 3.8) is 0 Å². The van der Waals surface area contributed by atoms with E-state index in [2.05, 4.69) is 6.58 Å². The monoisotopic (exact) mass is 195 g/mol. The minimum Gasteiger partial charge on any atom is -0.395 e. The van der Waals surface area contributed by atoms with Gasteiger partial charge in [0.1, 0.15) is 0 Å². The van der Waals surface area contributed by atoms with Crippen LogP contribution < -0.4 is 5.73 Å². The third kappa shape index (κ3) is 2.09. The van der Waals surface area contributed by atoms with Gasteiger partial charge in [-0.15, -0.1) is 18.3 Å². The Morgan fingerprint density at radius 2 is 2.00 bits per heavy atom. The maximum Gasteiger partial charge on any atom is 0.202 e. The van der Waals surface area contributed by atoms with E-state index in [1.807, 2.05) is 0 Å². The van der Waals surface area contributed by atoms with Crippen molar-refractivity contribution in [3.05, 3.63) is 35.4 Å². The van der Waals surface area contributed by atoms with Gasteiger partial charge in [0, 0.05) is 5.75 Å². The highest BCUT2D eigenvalue weighted by molar-refractivity contribution is 8.04. The highest BCUT2D eigenvalue weighted by atomic mass is 32.2. The van der Waals surface area contributed by atoms with E-state index in [9.17, 15) is 9.59 Å². The molecule has 0 spiro atoms. The highest BCUT2D eigenvalue weighted by Crippen LogP contribution is 2.22. The van der Waals surface area contributed by atoms with Crippen molar-refractivity contribution in [2.75, 3.05) is 5.75 Å². The molecule has 0 aromatic heterocycles. The molecule has 2 N–H and O–H groups in total. The average molecular weight is 195 g/mol. The Morgan fingerprint density at radius 3 is 2.62 bits per heavy atom. The minimum absolute atomic E-state index is 0.0411. The van der Waals surface area contributed by atoms with Gasteiger partial charge in [0.15, 0.2) is 5.78 Å². The van der Waals surface area contributed by atoms with Gasteiger partial charge in [0.25, 0.3) is 0 Å². The number of ketones is 2. The Hall–Kier alpha value is -1.29. The van der Waals surface area contributed by atoms with Crippen LogP contribution in [0.1, 0.15) is 0 Å². The predicted molar refractivity (Wildman–Crippen MR) is 53.0 cm³/mol. The van der Waals surface area contributed by atoms with Gasteiger partial charge in [-0.2, -0.15) is 0 Å². The molecule has 1 aliphatic carbocycles. The zero-order chi connectivity index (χ0) is 9.84. The lowest BCUT2D eigenvalue weighted by molar-refractivity contribution is -0.114. The first-order valence-corrected chi connectivity index (χ1v) is 4.65. The van der Waals surface area contributed by atoms with Crippen LogP contribution in [0.15, 0.2) is 35.4 Å². The molecule has 0 fully saturated rings. The summed E-state index contributed by atoms with van der Waals surface area (Å²) in [7, 11) is 0. The fourth-order valence-electron chi connectivity index (χ4n) is 0.853. The van der Waals surface area contributed by atoms with Crippen molar-refractivity contribution in [2.45, 2.75) is 0 Å². The predicted octanol–water partition coefficient (Wildman–Crippen LogP) is 0.784. The number of carbonyl (C=O) groups is 2. The number of hydrogen-bond acceptors (Lipinski definition) is 4. The van der Waals surface area contributed by atoms with Gasteiger partial charge in [0.2, 0.25) is 5.78 Å². The van der Waals surface area contributed by atoms with Crippen molar-refractivity contribution < 1.29 is 9.59 Å².